The maximum absolute atomic E-state index is 13.3. The number of carbonyl (C=O) groups is 1. The largest absolute Gasteiger partial charge is 0.477 e. The van der Waals surface area contributed by atoms with E-state index in [1.165, 1.54) is 0 Å². The first kappa shape index (κ1) is 12.4. The van der Waals surface area contributed by atoms with Gasteiger partial charge in [0.1, 0.15) is 17.2 Å². The maximum atomic E-state index is 13.3. The second-order valence-electron chi connectivity index (χ2n) is 3.79. The Balaban J connectivity index is 3.25. The molecule has 0 amide bonds. The smallest absolute Gasteiger partial charge is 0.341 e. The number of hydrogen-bond donors (Lipinski definition) is 1. The number of halogens is 2. The first-order valence-electron chi connectivity index (χ1n) is 4.79. The van der Waals surface area contributed by atoms with E-state index in [0.29, 0.717) is 5.69 Å². The Bertz CT molecular complexity index is 395. The lowest BCUT2D eigenvalue weighted by atomic mass is 10.1. The molecule has 1 aromatic carbocycles. The Morgan fingerprint density at radius 2 is 1.75 bits per heavy atom. The van der Waals surface area contributed by atoms with E-state index < -0.39 is 23.2 Å². The molecule has 0 saturated heterocycles. The molecule has 0 bridgehead atoms. The zero-order chi connectivity index (χ0) is 12.5. The van der Waals surface area contributed by atoms with Gasteiger partial charge < -0.3 is 10.0 Å². The van der Waals surface area contributed by atoms with Gasteiger partial charge in [-0.2, -0.15) is 0 Å². The number of anilines is 1. The minimum Gasteiger partial charge on any atom is -0.477 e. The summed E-state index contributed by atoms with van der Waals surface area (Å²) in [4.78, 5) is 12.2. The van der Waals surface area contributed by atoms with Crippen LogP contribution in [0.4, 0.5) is 14.5 Å². The molecule has 0 aliphatic carbocycles. The molecule has 0 aliphatic rings. The molecule has 1 aromatic rings. The van der Waals surface area contributed by atoms with Gasteiger partial charge in [-0.1, -0.05) is 0 Å². The minimum absolute atomic E-state index is 0.0643. The van der Waals surface area contributed by atoms with Crippen LogP contribution in [0.3, 0.4) is 0 Å². The fourth-order valence-electron chi connectivity index (χ4n) is 1.27. The fourth-order valence-corrected chi connectivity index (χ4v) is 1.27. The van der Waals surface area contributed by atoms with Gasteiger partial charge in [0.2, 0.25) is 0 Å². The van der Waals surface area contributed by atoms with Crippen LogP contribution in [-0.2, 0) is 0 Å². The quantitative estimate of drug-likeness (QED) is 0.865. The van der Waals surface area contributed by atoms with Crippen LogP contribution in [0.2, 0.25) is 0 Å². The molecule has 0 heterocycles. The van der Waals surface area contributed by atoms with Crippen molar-refractivity contribution in [1.29, 1.82) is 0 Å². The molecule has 1 rings (SSSR count). The summed E-state index contributed by atoms with van der Waals surface area (Å²) < 4.78 is 26.7. The molecule has 0 saturated carbocycles. The van der Waals surface area contributed by atoms with E-state index in [1.54, 1.807) is 11.9 Å². The van der Waals surface area contributed by atoms with Gasteiger partial charge in [0.15, 0.2) is 0 Å². The molecule has 3 nitrogen and oxygen atoms in total. The summed E-state index contributed by atoms with van der Waals surface area (Å²) >= 11 is 0. The Hall–Kier alpha value is -1.65. The van der Waals surface area contributed by atoms with E-state index in [0.717, 1.165) is 12.1 Å². The molecule has 0 spiro atoms. The van der Waals surface area contributed by atoms with E-state index in [4.69, 9.17) is 5.11 Å². The van der Waals surface area contributed by atoms with Gasteiger partial charge in [-0.05, 0) is 26.0 Å². The highest BCUT2D eigenvalue weighted by Crippen LogP contribution is 2.22. The van der Waals surface area contributed by atoms with Gasteiger partial charge in [0, 0.05) is 18.8 Å². The minimum atomic E-state index is -1.60. The zero-order valence-corrected chi connectivity index (χ0v) is 9.29. The van der Waals surface area contributed by atoms with Crippen molar-refractivity contribution < 1.29 is 18.7 Å². The van der Waals surface area contributed by atoms with Gasteiger partial charge in [-0.3, -0.25) is 0 Å². The van der Waals surface area contributed by atoms with Gasteiger partial charge in [0.05, 0.1) is 0 Å². The average molecular weight is 229 g/mol. The molecule has 1 N–H and O–H groups in total. The van der Waals surface area contributed by atoms with E-state index in [9.17, 15) is 13.6 Å². The Kier molecular flexibility index (Phi) is 3.47. The molecule has 0 aromatic heterocycles. The summed E-state index contributed by atoms with van der Waals surface area (Å²) in [6, 6.07) is 2.11. The van der Waals surface area contributed by atoms with Gasteiger partial charge in [-0.25, -0.2) is 13.6 Å². The van der Waals surface area contributed by atoms with Crippen LogP contribution >= 0.6 is 0 Å². The molecule has 5 heteroatoms. The fraction of sp³-hybridized carbons (Fsp3) is 0.364. The van der Waals surface area contributed by atoms with Crippen molar-refractivity contribution in [3.05, 3.63) is 29.3 Å². The number of carboxylic acid groups (broad SMARTS) is 1. The van der Waals surface area contributed by atoms with Crippen molar-refractivity contribution in [3.63, 3.8) is 0 Å². The lowest BCUT2D eigenvalue weighted by molar-refractivity contribution is 0.0686. The van der Waals surface area contributed by atoms with Crippen molar-refractivity contribution in [2.24, 2.45) is 0 Å². The first-order valence-corrected chi connectivity index (χ1v) is 4.79. The summed E-state index contributed by atoms with van der Waals surface area (Å²) in [6.45, 7) is 3.72. The molecule has 0 aliphatic heterocycles. The van der Waals surface area contributed by atoms with Crippen molar-refractivity contribution >= 4 is 11.7 Å². The Morgan fingerprint density at radius 3 is 2.06 bits per heavy atom. The highest BCUT2D eigenvalue weighted by atomic mass is 19.1. The van der Waals surface area contributed by atoms with Crippen molar-refractivity contribution in [2.75, 3.05) is 11.9 Å². The lowest BCUT2D eigenvalue weighted by Crippen LogP contribution is -2.26. The summed E-state index contributed by atoms with van der Waals surface area (Å²) in [5, 5.41) is 8.59. The monoisotopic (exact) mass is 229 g/mol. The van der Waals surface area contributed by atoms with Crippen molar-refractivity contribution in [2.45, 2.75) is 19.9 Å². The highest BCUT2D eigenvalue weighted by Gasteiger charge is 2.19. The second-order valence-corrected chi connectivity index (χ2v) is 3.79. The number of carboxylic acids is 1. The molecule has 0 atom stereocenters. The third kappa shape index (κ3) is 2.29. The van der Waals surface area contributed by atoms with Crippen LogP contribution in [0.1, 0.15) is 24.2 Å². The third-order valence-electron chi connectivity index (χ3n) is 2.42. The van der Waals surface area contributed by atoms with Gasteiger partial charge >= 0.3 is 5.97 Å². The predicted molar refractivity (Wildman–Crippen MR) is 56.9 cm³/mol. The summed E-state index contributed by atoms with van der Waals surface area (Å²) in [5.41, 5.74) is -0.601. The Labute approximate surface area is 92.3 Å². The second kappa shape index (κ2) is 4.47. The molecule has 0 fully saturated rings. The van der Waals surface area contributed by atoms with Crippen molar-refractivity contribution in [3.8, 4) is 0 Å². The summed E-state index contributed by atoms with van der Waals surface area (Å²) in [6.07, 6.45) is 0. The van der Waals surface area contributed by atoms with E-state index >= 15 is 0 Å². The number of aromatic carboxylic acids is 1. The summed E-state index contributed by atoms with van der Waals surface area (Å²) in [5.74, 6) is -3.72. The Morgan fingerprint density at radius 1 is 1.31 bits per heavy atom. The summed E-state index contributed by atoms with van der Waals surface area (Å²) in [7, 11) is 1.68. The standard InChI is InChI=1S/C11H13F2NO2/c1-6(2)14(3)7-4-8(12)10(11(15)16)9(13)5-7/h4-6H,1-3H3,(H,15,16). The van der Waals surface area contributed by atoms with Crippen LogP contribution in [0, 0.1) is 11.6 Å². The average Bonchev–Trinajstić information content (AvgIpc) is 2.14. The molecular weight excluding hydrogens is 216 g/mol. The topological polar surface area (TPSA) is 40.5 Å². The normalized spacial score (nSPS) is 10.6. The van der Waals surface area contributed by atoms with E-state index in [1.807, 2.05) is 13.8 Å². The molecule has 0 radical (unpaired) electrons. The highest BCUT2D eigenvalue weighted by molar-refractivity contribution is 5.88. The third-order valence-corrected chi connectivity index (χ3v) is 2.42. The lowest BCUT2D eigenvalue weighted by Gasteiger charge is -2.24. The predicted octanol–water partition coefficient (Wildman–Crippen LogP) is 2.51. The number of hydrogen-bond acceptors (Lipinski definition) is 2. The molecule has 16 heavy (non-hydrogen) atoms. The van der Waals surface area contributed by atoms with Crippen molar-refractivity contribution in [1.82, 2.24) is 0 Å². The SMILES string of the molecule is CC(C)N(C)c1cc(F)c(C(=O)O)c(F)c1. The van der Waals surface area contributed by atoms with E-state index in [2.05, 4.69) is 0 Å². The van der Waals surface area contributed by atoms with Crippen LogP contribution in [0.5, 0.6) is 0 Å². The van der Waals surface area contributed by atoms with E-state index in [-0.39, 0.29) is 6.04 Å². The van der Waals surface area contributed by atoms with Crippen LogP contribution in [0.25, 0.3) is 0 Å². The molecule has 0 unspecified atom stereocenters. The van der Waals surface area contributed by atoms with Gasteiger partial charge in [0.25, 0.3) is 0 Å². The van der Waals surface area contributed by atoms with Crippen LogP contribution in [0.15, 0.2) is 12.1 Å². The van der Waals surface area contributed by atoms with Gasteiger partial charge in [-0.15, -0.1) is 0 Å². The number of benzene rings is 1. The molecule has 88 valence electrons. The van der Waals surface area contributed by atoms with Crippen LogP contribution < -0.4 is 4.90 Å². The zero-order valence-electron chi connectivity index (χ0n) is 9.29. The first-order chi connectivity index (χ1) is 7.34. The maximum Gasteiger partial charge on any atom is 0.341 e. The van der Waals surface area contributed by atoms with Crippen LogP contribution in [-0.4, -0.2) is 24.2 Å². The number of rotatable bonds is 3. The molecular formula is C11H13F2NO2. The number of nitrogens with zero attached hydrogens (tertiary/aromatic N) is 1.